The fraction of sp³-hybridized carbons (Fsp3) is 0.412. The van der Waals surface area contributed by atoms with E-state index in [9.17, 15) is 4.79 Å². The van der Waals surface area contributed by atoms with Crippen molar-refractivity contribution >= 4 is 33.1 Å². The van der Waals surface area contributed by atoms with Gasteiger partial charge in [0.1, 0.15) is 5.69 Å². The molecule has 0 saturated heterocycles. The largest absolute Gasteiger partial charge is 0.336 e. The maximum absolute atomic E-state index is 12.8. The van der Waals surface area contributed by atoms with Gasteiger partial charge in [0.2, 0.25) is 0 Å². The van der Waals surface area contributed by atoms with Crippen LogP contribution in [0.15, 0.2) is 17.5 Å². The van der Waals surface area contributed by atoms with E-state index < -0.39 is 0 Å². The van der Waals surface area contributed by atoms with Crippen LogP contribution in [0.3, 0.4) is 0 Å². The molecule has 122 valence electrons. The van der Waals surface area contributed by atoms with Crippen LogP contribution in [0.4, 0.5) is 5.69 Å². The molecule has 5 nitrogen and oxygen atoms in total. The summed E-state index contributed by atoms with van der Waals surface area (Å²) < 4.78 is 5.14. The number of fused-ring (bicyclic) bond motifs is 1. The summed E-state index contributed by atoms with van der Waals surface area (Å²) in [7, 11) is 0. The van der Waals surface area contributed by atoms with E-state index in [1.807, 2.05) is 24.6 Å². The highest BCUT2D eigenvalue weighted by Gasteiger charge is 2.20. The zero-order valence-electron chi connectivity index (χ0n) is 14.2. The number of thiophene rings is 1. The van der Waals surface area contributed by atoms with E-state index in [0.29, 0.717) is 5.69 Å². The highest BCUT2D eigenvalue weighted by atomic mass is 32.1. The maximum Gasteiger partial charge on any atom is 0.272 e. The van der Waals surface area contributed by atoms with E-state index in [4.69, 9.17) is 0 Å². The van der Waals surface area contributed by atoms with Crippen LogP contribution in [-0.2, 0) is 6.54 Å². The maximum atomic E-state index is 12.8. The highest BCUT2D eigenvalue weighted by Crippen LogP contribution is 2.27. The number of nitrogens with zero attached hydrogens (tertiary/aromatic N) is 3. The molecule has 0 unspecified atom stereocenters. The quantitative estimate of drug-likeness (QED) is 0.772. The fourth-order valence-corrected chi connectivity index (χ4v) is 3.85. The van der Waals surface area contributed by atoms with Gasteiger partial charge in [0.05, 0.1) is 27.3 Å². The van der Waals surface area contributed by atoms with Gasteiger partial charge in [-0.15, -0.1) is 11.3 Å². The Morgan fingerprint density at radius 3 is 2.74 bits per heavy atom. The van der Waals surface area contributed by atoms with E-state index in [1.54, 1.807) is 11.3 Å². The van der Waals surface area contributed by atoms with E-state index in [2.05, 4.69) is 47.2 Å². The number of hydrogen-bond acceptors (Lipinski definition) is 3. The molecule has 3 aromatic heterocycles. The molecular formula is C17H22N4OS. The number of nitrogens with one attached hydrogen (secondary N) is 1. The second-order valence-corrected chi connectivity index (χ2v) is 6.93. The SMILES string of the molecule is CCn1c(C(=O)Nc2c(C)nn(C(C)C)c2C)cc2sccc21. The van der Waals surface area contributed by atoms with Crippen molar-refractivity contribution in [2.24, 2.45) is 0 Å². The minimum Gasteiger partial charge on any atom is -0.336 e. The molecule has 1 N–H and O–H groups in total. The Kier molecular flexibility index (Phi) is 4.02. The Hall–Kier alpha value is -2.08. The van der Waals surface area contributed by atoms with Crippen molar-refractivity contribution in [3.8, 4) is 0 Å². The first-order valence-corrected chi connectivity index (χ1v) is 8.75. The minimum atomic E-state index is -0.0789. The van der Waals surface area contributed by atoms with Crippen molar-refractivity contribution < 1.29 is 4.79 Å². The third-order valence-electron chi connectivity index (χ3n) is 4.12. The minimum absolute atomic E-state index is 0.0789. The Balaban J connectivity index is 1.96. The molecule has 23 heavy (non-hydrogen) atoms. The summed E-state index contributed by atoms with van der Waals surface area (Å²) in [6, 6.07) is 4.30. The van der Waals surface area contributed by atoms with E-state index >= 15 is 0 Å². The molecule has 3 rings (SSSR count). The second kappa shape index (κ2) is 5.85. The Bertz CT molecular complexity index is 869. The number of carbonyl (C=O) groups is 1. The predicted molar refractivity (Wildman–Crippen MR) is 95.5 cm³/mol. The van der Waals surface area contributed by atoms with Gasteiger partial charge >= 0.3 is 0 Å². The summed E-state index contributed by atoms with van der Waals surface area (Å²) in [5.41, 5.74) is 4.47. The van der Waals surface area contributed by atoms with Crippen molar-refractivity contribution in [2.75, 3.05) is 5.32 Å². The van der Waals surface area contributed by atoms with Crippen molar-refractivity contribution in [3.63, 3.8) is 0 Å². The van der Waals surface area contributed by atoms with E-state index in [1.165, 1.54) is 0 Å². The first-order chi connectivity index (χ1) is 10.9. The standard InChI is InChI=1S/C17H22N4OS/c1-6-20-13-7-8-23-15(13)9-14(20)17(22)18-16-11(4)19-21(10(2)3)12(16)5/h7-10H,6H2,1-5H3,(H,18,22). The third-order valence-corrected chi connectivity index (χ3v) is 4.98. The zero-order valence-corrected chi connectivity index (χ0v) is 15.0. The van der Waals surface area contributed by atoms with Gasteiger partial charge in [-0.25, -0.2) is 0 Å². The number of carbonyl (C=O) groups excluding carboxylic acids is 1. The van der Waals surface area contributed by atoms with Crippen LogP contribution in [0.5, 0.6) is 0 Å². The molecule has 0 saturated carbocycles. The van der Waals surface area contributed by atoms with Gasteiger partial charge in [0.15, 0.2) is 0 Å². The first-order valence-electron chi connectivity index (χ1n) is 7.87. The van der Waals surface area contributed by atoms with Gasteiger partial charge in [-0.1, -0.05) is 0 Å². The van der Waals surface area contributed by atoms with Gasteiger partial charge < -0.3 is 9.88 Å². The lowest BCUT2D eigenvalue weighted by atomic mass is 10.3. The van der Waals surface area contributed by atoms with Gasteiger partial charge in [0.25, 0.3) is 5.91 Å². The molecule has 0 aliphatic carbocycles. The molecule has 0 spiro atoms. The van der Waals surface area contributed by atoms with Crippen LogP contribution in [-0.4, -0.2) is 20.3 Å². The normalized spacial score (nSPS) is 11.6. The van der Waals surface area contributed by atoms with Gasteiger partial charge in [-0.2, -0.15) is 5.10 Å². The summed E-state index contributed by atoms with van der Waals surface area (Å²) in [5.74, 6) is -0.0789. The number of amides is 1. The first kappa shape index (κ1) is 15.8. The van der Waals surface area contributed by atoms with Crippen LogP contribution < -0.4 is 5.32 Å². The molecule has 0 aliphatic heterocycles. The van der Waals surface area contributed by atoms with Crippen molar-refractivity contribution in [3.05, 3.63) is 34.6 Å². The Labute approximate surface area is 139 Å². The molecule has 3 aromatic rings. The van der Waals surface area contributed by atoms with E-state index in [-0.39, 0.29) is 11.9 Å². The Morgan fingerprint density at radius 1 is 1.39 bits per heavy atom. The van der Waals surface area contributed by atoms with Gasteiger partial charge in [-0.3, -0.25) is 9.48 Å². The van der Waals surface area contributed by atoms with Crippen molar-refractivity contribution in [1.82, 2.24) is 14.3 Å². The van der Waals surface area contributed by atoms with Crippen LogP contribution in [0.2, 0.25) is 0 Å². The molecule has 3 heterocycles. The van der Waals surface area contributed by atoms with Crippen molar-refractivity contribution in [1.29, 1.82) is 0 Å². The molecule has 0 atom stereocenters. The average molecular weight is 330 g/mol. The molecule has 0 aliphatic rings. The number of rotatable bonds is 4. The summed E-state index contributed by atoms with van der Waals surface area (Å²) in [4.78, 5) is 12.8. The molecule has 1 amide bonds. The second-order valence-electron chi connectivity index (χ2n) is 5.98. The molecule has 0 fully saturated rings. The van der Waals surface area contributed by atoms with E-state index in [0.717, 1.165) is 33.8 Å². The summed E-state index contributed by atoms with van der Waals surface area (Å²) in [6.45, 7) is 10.9. The number of anilines is 1. The lowest BCUT2D eigenvalue weighted by molar-refractivity contribution is 0.101. The summed E-state index contributed by atoms with van der Waals surface area (Å²) in [6.07, 6.45) is 0. The number of aromatic nitrogens is 3. The molecule has 0 aromatic carbocycles. The molecule has 6 heteroatoms. The number of aryl methyl sites for hydroxylation is 2. The fourth-order valence-electron chi connectivity index (χ4n) is 3.03. The van der Waals surface area contributed by atoms with Gasteiger partial charge in [-0.05, 0) is 52.1 Å². The van der Waals surface area contributed by atoms with Crippen LogP contribution in [0.25, 0.3) is 10.2 Å². The smallest absolute Gasteiger partial charge is 0.272 e. The molecule has 0 bridgehead atoms. The lowest BCUT2D eigenvalue weighted by Gasteiger charge is -2.10. The monoisotopic (exact) mass is 330 g/mol. The average Bonchev–Trinajstić information content (AvgIpc) is 3.15. The highest BCUT2D eigenvalue weighted by molar-refractivity contribution is 7.17. The number of hydrogen-bond donors (Lipinski definition) is 1. The van der Waals surface area contributed by atoms with Crippen LogP contribution in [0, 0.1) is 13.8 Å². The molecular weight excluding hydrogens is 308 g/mol. The van der Waals surface area contributed by atoms with Crippen LogP contribution in [0.1, 0.15) is 48.7 Å². The lowest BCUT2D eigenvalue weighted by Crippen LogP contribution is -2.17. The topological polar surface area (TPSA) is 51.9 Å². The summed E-state index contributed by atoms with van der Waals surface area (Å²) in [5, 5.41) is 9.64. The van der Waals surface area contributed by atoms with Gasteiger partial charge in [0, 0.05) is 12.6 Å². The van der Waals surface area contributed by atoms with Crippen LogP contribution >= 0.6 is 11.3 Å². The predicted octanol–water partition coefficient (Wildman–Crippen LogP) is 4.37. The van der Waals surface area contributed by atoms with Crippen molar-refractivity contribution in [2.45, 2.75) is 47.2 Å². The Morgan fingerprint density at radius 2 is 2.13 bits per heavy atom. The molecule has 0 radical (unpaired) electrons. The third kappa shape index (κ3) is 2.57. The summed E-state index contributed by atoms with van der Waals surface area (Å²) >= 11 is 1.66. The zero-order chi connectivity index (χ0) is 16.7.